The lowest BCUT2D eigenvalue weighted by molar-refractivity contribution is -0.145. The van der Waals surface area contributed by atoms with Gasteiger partial charge >= 0.3 is 0 Å². The van der Waals surface area contributed by atoms with Gasteiger partial charge in [-0.05, 0) is 49.0 Å². The summed E-state index contributed by atoms with van der Waals surface area (Å²) in [6, 6.07) is 6.55. The SMILES string of the molecule is CCC[C@H](CC(=O)[C@@H]1CCC[C@@H]1N(C)C(=O)[C@@H](CC(=O)[C@@H](NC(=O)c1cnccn1)C1CCCCC1)C(C)(C)C)C(=O)C(=O)CCC(=O)N[C@H](C(=O)N(C)C)c1ccccc1. The highest BCUT2D eigenvalue weighted by atomic mass is 16.2. The third kappa shape index (κ3) is 13.4. The van der Waals surface area contributed by atoms with Gasteiger partial charge in [0.1, 0.15) is 17.5 Å². The minimum atomic E-state index is -0.953. The lowest BCUT2D eigenvalue weighted by Crippen LogP contribution is -2.51. The quantitative estimate of drug-likeness (QED) is 0.149. The lowest BCUT2D eigenvalue weighted by Gasteiger charge is -2.38. The molecule has 1 heterocycles. The number of carbonyl (C=O) groups is 8. The van der Waals surface area contributed by atoms with E-state index in [9.17, 15) is 38.4 Å². The van der Waals surface area contributed by atoms with Gasteiger partial charge in [-0.1, -0.05) is 90.1 Å². The molecule has 0 spiro atoms. The predicted molar refractivity (Wildman–Crippen MR) is 230 cm³/mol. The van der Waals surface area contributed by atoms with E-state index < -0.39 is 64.7 Å². The Morgan fingerprint density at radius 3 is 2.10 bits per heavy atom. The number of carbonyl (C=O) groups excluding carboxylic acids is 8. The van der Waals surface area contributed by atoms with Gasteiger partial charge in [0.15, 0.2) is 11.6 Å². The van der Waals surface area contributed by atoms with E-state index in [1.165, 1.54) is 23.5 Å². The van der Waals surface area contributed by atoms with Crippen molar-refractivity contribution in [1.82, 2.24) is 30.4 Å². The molecule has 0 bridgehead atoms. The van der Waals surface area contributed by atoms with E-state index in [4.69, 9.17) is 0 Å². The molecule has 0 saturated heterocycles. The second kappa shape index (κ2) is 22.6. The first-order valence-electron chi connectivity index (χ1n) is 22.0. The smallest absolute Gasteiger partial charge is 0.272 e. The molecule has 4 amide bonds. The summed E-state index contributed by atoms with van der Waals surface area (Å²) in [5.74, 6) is -5.73. The Balaban J connectivity index is 1.41. The van der Waals surface area contributed by atoms with Gasteiger partial charge < -0.3 is 20.4 Å². The number of amides is 4. The second-order valence-corrected chi connectivity index (χ2v) is 18.2. The van der Waals surface area contributed by atoms with Crippen LogP contribution < -0.4 is 10.6 Å². The molecule has 1 aromatic carbocycles. The van der Waals surface area contributed by atoms with Crippen molar-refractivity contribution in [2.45, 2.75) is 136 Å². The minimum absolute atomic E-state index is 0.0688. The van der Waals surface area contributed by atoms with Gasteiger partial charge in [0.2, 0.25) is 23.5 Å². The van der Waals surface area contributed by atoms with E-state index >= 15 is 0 Å². The molecule has 0 radical (unpaired) electrons. The molecule has 332 valence electrons. The Kier molecular flexibility index (Phi) is 18.0. The molecule has 14 heteroatoms. The molecule has 0 unspecified atom stereocenters. The van der Waals surface area contributed by atoms with E-state index in [0.717, 1.165) is 32.1 Å². The third-order valence-corrected chi connectivity index (χ3v) is 12.5. The number of nitrogens with zero attached hydrogens (tertiary/aromatic N) is 4. The van der Waals surface area contributed by atoms with Gasteiger partial charge in [-0.3, -0.25) is 43.3 Å². The normalized spacial score (nSPS) is 18.8. The molecule has 6 atom stereocenters. The number of benzene rings is 1. The summed E-state index contributed by atoms with van der Waals surface area (Å²) in [4.78, 5) is 120. The van der Waals surface area contributed by atoms with Crippen molar-refractivity contribution in [1.29, 1.82) is 0 Å². The molecular weight excluding hydrogens is 777 g/mol. The van der Waals surface area contributed by atoms with Gasteiger partial charge in [-0.25, -0.2) is 4.98 Å². The van der Waals surface area contributed by atoms with Crippen LogP contribution in [0.1, 0.15) is 140 Å². The van der Waals surface area contributed by atoms with E-state index in [2.05, 4.69) is 20.6 Å². The maximum atomic E-state index is 14.5. The Bertz CT molecular complexity index is 1860. The summed E-state index contributed by atoms with van der Waals surface area (Å²) in [5, 5.41) is 5.64. The van der Waals surface area contributed by atoms with Gasteiger partial charge in [0.05, 0.1) is 12.2 Å². The Labute approximate surface area is 360 Å². The molecule has 2 N–H and O–H groups in total. The fraction of sp³-hybridized carbons (Fsp3) is 0.617. The van der Waals surface area contributed by atoms with Crippen molar-refractivity contribution < 1.29 is 38.4 Å². The highest BCUT2D eigenvalue weighted by molar-refractivity contribution is 6.38. The molecule has 1 aromatic heterocycles. The number of hydrogen-bond acceptors (Lipinski definition) is 10. The highest BCUT2D eigenvalue weighted by Crippen LogP contribution is 2.38. The molecule has 61 heavy (non-hydrogen) atoms. The zero-order chi connectivity index (χ0) is 44.9. The minimum Gasteiger partial charge on any atom is -0.347 e. The van der Waals surface area contributed by atoms with Gasteiger partial charge in [0, 0.05) is 83.0 Å². The molecule has 14 nitrogen and oxygen atoms in total. The zero-order valence-corrected chi connectivity index (χ0v) is 37.1. The Morgan fingerprint density at radius 1 is 0.803 bits per heavy atom. The topological polar surface area (TPSA) is 193 Å². The Morgan fingerprint density at radius 2 is 1.49 bits per heavy atom. The van der Waals surface area contributed by atoms with Crippen molar-refractivity contribution in [2.75, 3.05) is 21.1 Å². The number of aromatic nitrogens is 2. The molecule has 2 aliphatic rings. The number of Topliss-reactive ketones (excluding diaryl/α,β-unsaturated/α-hetero) is 4. The summed E-state index contributed by atoms with van der Waals surface area (Å²) in [7, 11) is 4.84. The zero-order valence-electron chi connectivity index (χ0n) is 37.1. The molecule has 0 aliphatic heterocycles. The third-order valence-electron chi connectivity index (χ3n) is 12.5. The summed E-state index contributed by atoms with van der Waals surface area (Å²) >= 11 is 0. The van der Waals surface area contributed by atoms with E-state index in [1.54, 1.807) is 56.4 Å². The molecule has 2 saturated carbocycles. The van der Waals surface area contributed by atoms with Gasteiger partial charge in [0.25, 0.3) is 5.91 Å². The van der Waals surface area contributed by atoms with E-state index in [1.807, 2.05) is 27.7 Å². The van der Waals surface area contributed by atoms with Crippen molar-refractivity contribution in [3.8, 4) is 0 Å². The van der Waals surface area contributed by atoms with Crippen LogP contribution in [0.2, 0.25) is 0 Å². The largest absolute Gasteiger partial charge is 0.347 e. The summed E-state index contributed by atoms with van der Waals surface area (Å²) < 4.78 is 0. The first kappa shape index (κ1) is 48.5. The summed E-state index contributed by atoms with van der Waals surface area (Å²) in [5.41, 5.74) is 0.0612. The number of likely N-dealkylation sites (N-methyl/N-ethyl adjacent to an activating group) is 1. The van der Waals surface area contributed by atoms with Crippen LogP contribution in [-0.4, -0.2) is 99.8 Å². The summed E-state index contributed by atoms with van der Waals surface area (Å²) in [6.07, 6.45) is 10.5. The fourth-order valence-electron chi connectivity index (χ4n) is 8.91. The van der Waals surface area contributed by atoms with Crippen LogP contribution >= 0.6 is 0 Å². The van der Waals surface area contributed by atoms with Crippen molar-refractivity contribution >= 4 is 46.8 Å². The number of rotatable bonds is 21. The number of ketones is 4. The molecule has 2 aromatic rings. The van der Waals surface area contributed by atoms with Crippen LogP contribution in [0.3, 0.4) is 0 Å². The standard InChI is InChI=1S/C47H66N6O8/c1-8-16-32(43(58)37(54)23-24-40(57)50-42(46(61)52(5)6)31-19-13-10-14-20-31)27-38(55)33-21-15-22-36(33)53(7)45(60)34(47(2,3)4)28-39(56)41(30-17-11-9-12-18-30)51-44(59)35-29-48-25-26-49-35/h10,13-14,19-20,25-26,29-30,32-34,36,41-42H,8-9,11-12,15-18,21-24,27-28H2,1-7H3,(H,50,57)(H,51,59)/t32-,33-,34-,36+,41+,42+/m1/s1. The van der Waals surface area contributed by atoms with Crippen molar-refractivity contribution in [2.24, 2.45) is 29.1 Å². The predicted octanol–water partition coefficient (Wildman–Crippen LogP) is 5.64. The van der Waals surface area contributed by atoms with Crippen LogP contribution in [0.5, 0.6) is 0 Å². The maximum absolute atomic E-state index is 14.5. The molecular formula is C47H66N6O8. The first-order valence-corrected chi connectivity index (χ1v) is 22.0. The average molecular weight is 843 g/mol. The number of nitrogens with one attached hydrogen (secondary N) is 2. The Hall–Kier alpha value is -5.14. The maximum Gasteiger partial charge on any atom is 0.272 e. The second-order valence-electron chi connectivity index (χ2n) is 18.2. The van der Waals surface area contributed by atoms with Crippen LogP contribution in [-0.2, 0) is 33.6 Å². The molecule has 4 rings (SSSR count). The molecule has 2 fully saturated rings. The van der Waals surface area contributed by atoms with Crippen molar-refractivity contribution in [3.05, 3.63) is 60.2 Å². The van der Waals surface area contributed by atoms with Crippen LogP contribution in [0.15, 0.2) is 48.9 Å². The average Bonchev–Trinajstić information content (AvgIpc) is 3.75. The monoisotopic (exact) mass is 842 g/mol. The summed E-state index contributed by atoms with van der Waals surface area (Å²) in [6.45, 7) is 7.60. The first-order chi connectivity index (χ1) is 28.9. The van der Waals surface area contributed by atoms with Crippen LogP contribution in [0, 0.1) is 29.1 Å². The van der Waals surface area contributed by atoms with E-state index in [-0.39, 0.29) is 60.7 Å². The van der Waals surface area contributed by atoms with Crippen LogP contribution in [0.25, 0.3) is 0 Å². The van der Waals surface area contributed by atoms with Gasteiger partial charge in [-0.2, -0.15) is 0 Å². The fourth-order valence-corrected chi connectivity index (χ4v) is 8.91. The van der Waals surface area contributed by atoms with E-state index in [0.29, 0.717) is 37.7 Å². The number of hydrogen-bond donors (Lipinski definition) is 2. The molecule has 2 aliphatic carbocycles. The lowest BCUT2D eigenvalue weighted by atomic mass is 9.73. The van der Waals surface area contributed by atoms with Gasteiger partial charge in [-0.15, -0.1) is 0 Å². The highest BCUT2D eigenvalue weighted by Gasteiger charge is 2.44. The van der Waals surface area contributed by atoms with Crippen molar-refractivity contribution in [3.63, 3.8) is 0 Å². The van der Waals surface area contributed by atoms with Crippen LogP contribution in [0.4, 0.5) is 0 Å².